The zero-order valence-corrected chi connectivity index (χ0v) is 18.2. The molecule has 1 saturated heterocycles. The van der Waals surface area contributed by atoms with Crippen LogP contribution in [-0.2, 0) is 11.3 Å². The van der Waals surface area contributed by atoms with Crippen LogP contribution in [0.25, 0.3) is 0 Å². The lowest BCUT2D eigenvalue weighted by molar-refractivity contribution is -0.116. The molecular weight excluding hydrogens is 376 g/mol. The highest BCUT2D eigenvalue weighted by Gasteiger charge is 2.21. The van der Waals surface area contributed by atoms with Gasteiger partial charge in [-0.3, -0.25) is 14.5 Å². The maximum Gasteiger partial charge on any atom is 0.224 e. The van der Waals surface area contributed by atoms with Gasteiger partial charge in [0.2, 0.25) is 5.91 Å². The normalized spacial score (nSPS) is 16.8. The standard InChI is InChI=1S/C25H32N2O3/c1-18-14-23(30-3)10-11-24(18)26-25(29)12-9-20-7-5-13-27(16-20)17-21-6-4-8-22(15-21)19(2)28/h4,6,8,10-11,14-15,20H,5,7,9,12-13,16-17H2,1-3H3,(H,26,29). The van der Waals surface area contributed by atoms with Gasteiger partial charge in [-0.25, -0.2) is 0 Å². The van der Waals surface area contributed by atoms with E-state index >= 15 is 0 Å². The number of carbonyl (C=O) groups is 2. The molecular formula is C25H32N2O3. The summed E-state index contributed by atoms with van der Waals surface area (Å²) >= 11 is 0. The molecule has 3 rings (SSSR count). The summed E-state index contributed by atoms with van der Waals surface area (Å²) in [6, 6.07) is 13.6. The summed E-state index contributed by atoms with van der Waals surface area (Å²) in [4.78, 5) is 26.5. The van der Waals surface area contributed by atoms with E-state index in [0.717, 1.165) is 55.0 Å². The van der Waals surface area contributed by atoms with Crippen LogP contribution in [0.3, 0.4) is 0 Å². The van der Waals surface area contributed by atoms with Crippen molar-refractivity contribution in [2.24, 2.45) is 5.92 Å². The van der Waals surface area contributed by atoms with E-state index in [-0.39, 0.29) is 11.7 Å². The molecule has 2 aromatic carbocycles. The second-order valence-electron chi connectivity index (χ2n) is 8.27. The highest BCUT2D eigenvalue weighted by Crippen LogP contribution is 2.24. The Morgan fingerprint density at radius 3 is 2.77 bits per heavy atom. The van der Waals surface area contributed by atoms with Crippen molar-refractivity contribution >= 4 is 17.4 Å². The molecule has 0 radical (unpaired) electrons. The fraction of sp³-hybridized carbons (Fsp3) is 0.440. The van der Waals surface area contributed by atoms with E-state index in [0.29, 0.717) is 12.3 Å². The third-order valence-corrected chi connectivity index (χ3v) is 5.83. The average Bonchev–Trinajstić information content (AvgIpc) is 2.74. The number of benzene rings is 2. The molecule has 1 fully saturated rings. The summed E-state index contributed by atoms with van der Waals surface area (Å²) in [5, 5.41) is 3.03. The maximum atomic E-state index is 12.4. The van der Waals surface area contributed by atoms with Crippen LogP contribution in [0, 0.1) is 12.8 Å². The van der Waals surface area contributed by atoms with E-state index in [1.807, 2.05) is 43.3 Å². The van der Waals surface area contributed by atoms with Crippen LogP contribution in [0.2, 0.25) is 0 Å². The Morgan fingerprint density at radius 2 is 2.03 bits per heavy atom. The molecule has 1 N–H and O–H groups in total. The van der Waals surface area contributed by atoms with Gasteiger partial charge in [-0.2, -0.15) is 0 Å². The van der Waals surface area contributed by atoms with Gasteiger partial charge >= 0.3 is 0 Å². The molecule has 2 aromatic rings. The van der Waals surface area contributed by atoms with Crippen LogP contribution < -0.4 is 10.1 Å². The fourth-order valence-corrected chi connectivity index (χ4v) is 4.13. The second-order valence-corrected chi connectivity index (χ2v) is 8.27. The van der Waals surface area contributed by atoms with Crippen molar-refractivity contribution in [3.05, 3.63) is 59.2 Å². The SMILES string of the molecule is COc1ccc(NC(=O)CCC2CCCN(Cc3cccc(C(C)=O)c3)C2)c(C)c1. The molecule has 1 aliphatic rings. The number of methoxy groups -OCH3 is 1. The third kappa shape index (κ3) is 6.17. The maximum absolute atomic E-state index is 12.4. The Kier molecular flexibility index (Phi) is 7.63. The summed E-state index contributed by atoms with van der Waals surface area (Å²) in [6.45, 7) is 6.50. The van der Waals surface area contributed by atoms with Gasteiger partial charge in [0, 0.05) is 30.8 Å². The number of likely N-dealkylation sites (tertiary alicyclic amines) is 1. The first-order valence-electron chi connectivity index (χ1n) is 10.7. The topological polar surface area (TPSA) is 58.6 Å². The first-order valence-corrected chi connectivity index (χ1v) is 10.7. The van der Waals surface area contributed by atoms with Crippen LogP contribution in [0.15, 0.2) is 42.5 Å². The predicted molar refractivity (Wildman–Crippen MR) is 120 cm³/mol. The molecule has 0 spiro atoms. The van der Waals surface area contributed by atoms with E-state index in [1.165, 1.54) is 12.0 Å². The molecule has 0 aliphatic carbocycles. The second kappa shape index (κ2) is 10.4. The zero-order valence-electron chi connectivity index (χ0n) is 18.2. The van der Waals surface area contributed by atoms with E-state index in [9.17, 15) is 9.59 Å². The van der Waals surface area contributed by atoms with Crippen molar-refractivity contribution in [3.8, 4) is 5.75 Å². The average molecular weight is 409 g/mol. The molecule has 1 unspecified atom stereocenters. The van der Waals surface area contributed by atoms with Gasteiger partial charge in [0.1, 0.15) is 5.75 Å². The lowest BCUT2D eigenvalue weighted by Gasteiger charge is -2.32. The summed E-state index contributed by atoms with van der Waals surface area (Å²) in [5.74, 6) is 1.49. The van der Waals surface area contributed by atoms with Gasteiger partial charge < -0.3 is 10.1 Å². The molecule has 0 aromatic heterocycles. The number of hydrogen-bond acceptors (Lipinski definition) is 4. The van der Waals surface area contributed by atoms with Crippen molar-refractivity contribution in [1.29, 1.82) is 0 Å². The minimum absolute atomic E-state index is 0.0644. The predicted octanol–water partition coefficient (Wildman–Crippen LogP) is 4.84. The van der Waals surface area contributed by atoms with E-state index in [1.54, 1.807) is 14.0 Å². The Morgan fingerprint density at radius 1 is 1.20 bits per heavy atom. The number of ketones is 1. The smallest absolute Gasteiger partial charge is 0.224 e. The van der Waals surface area contributed by atoms with Gasteiger partial charge in [-0.15, -0.1) is 0 Å². The molecule has 1 amide bonds. The van der Waals surface area contributed by atoms with Crippen molar-refractivity contribution in [2.75, 3.05) is 25.5 Å². The van der Waals surface area contributed by atoms with Crippen molar-refractivity contribution in [3.63, 3.8) is 0 Å². The summed E-state index contributed by atoms with van der Waals surface area (Å²) in [5.41, 5.74) is 3.79. The molecule has 1 atom stereocenters. The molecule has 30 heavy (non-hydrogen) atoms. The number of nitrogens with one attached hydrogen (secondary N) is 1. The van der Waals surface area contributed by atoms with E-state index in [2.05, 4.69) is 16.3 Å². The lowest BCUT2D eigenvalue weighted by atomic mass is 9.92. The van der Waals surface area contributed by atoms with Gasteiger partial charge in [-0.05, 0) is 81.0 Å². The molecule has 5 heteroatoms. The van der Waals surface area contributed by atoms with Crippen LogP contribution >= 0.6 is 0 Å². The number of amides is 1. The Labute approximate surface area is 179 Å². The summed E-state index contributed by atoms with van der Waals surface area (Å²) in [6.07, 6.45) is 3.74. The first kappa shape index (κ1) is 22.0. The molecule has 0 saturated carbocycles. The number of aryl methyl sites for hydroxylation is 1. The van der Waals surface area contributed by atoms with Gasteiger partial charge in [0.15, 0.2) is 5.78 Å². The van der Waals surface area contributed by atoms with Crippen molar-refractivity contribution in [1.82, 2.24) is 4.90 Å². The van der Waals surface area contributed by atoms with E-state index < -0.39 is 0 Å². The van der Waals surface area contributed by atoms with Crippen LogP contribution in [-0.4, -0.2) is 36.8 Å². The monoisotopic (exact) mass is 408 g/mol. The van der Waals surface area contributed by atoms with Crippen molar-refractivity contribution in [2.45, 2.75) is 46.1 Å². The third-order valence-electron chi connectivity index (χ3n) is 5.83. The molecule has 160 valence electrons. The number of Topliss-reactive ketones (excluding diaryl/α,β-unsaturated/α-hetero) is 1. The number of ether oxygens (including phenoxy) is 1. The number of piperidine rings is 1. The van der Waals surface area contributed by atoms with Gasteiger partial charge in [0.25, 0.3) is 0 Å². The largest absolute Gasteiger partial charge is 0.497 e. The summed E-state index contributed by atoms with van der Waals surface area (Å²) in [7, 11) is 1.64. The number of anilines is 1. The van der Waals surface area contributed by atoms with Crippen LogP contribution in [0.1, 0.15) is 54.1 Å². The lowest BCUT2D eigenvalue weighted by Crippen LogP contribution is -2.35. The Balaban J connectivity index is 1.48. The Hall–Kier alpha value is -2.66. The van der Waals surface area contributed by atoms with Gasteiger partial charge in [0.05, 0.1) is 7.11 Å². The van der Waals surface area contributed by atoms with E-state index in [4.69, 9.17) is 4.74 Å². The molecule has 5 nitrogen and oxygen atoms in total. The van der Waals surface area contributed by atoms with Gasteiger partial charge in [-0.1, -0.05) is 18.2 Å². The highest BCUT2D eigenvalue weighted by molar-refractivity contribution is 5.94. The fourth-order valence-electron chi connectivity index (χ4n) is 4.13. The number of hydrogen-bond donors (Lipinski definition) is 1. The number of nitrogens with zero attached hydrogens (tertiary/aromatic N) is 1. The minimum atomic E-state index is 0.0644. The number of rotatable bonds is 8. The Bertz CT molecular complexity index is 894. The molecule has 1 aliphatic heterocycles. The molecule has 1 heterocycles. The van der Waals surface area contributed by atoms with Crippen LogP contribution in [0.4, 0.5) is 5.69 Å². The molecule has 0 bridgehead atoms. The summed E-state index contributed by atoms with van der Waals surface area (Å²) < 4.78 is 5.22. The minimum Gasteiger partial charge on any atom is -0.497 e. The first-order chi connectivity index (χ1) is 14.4. The van der Waals surface area contributed by atoms with Crippen molar-refractivity contribution < 1.29 is 14.3 Å². The quantitative estimate of drug-likeness (QED) is 0.635. The van der Waals surface area contributed by atoms with Crippen LogP contribution in [0.5, 0.6) is 5.75 Å². The number of carbonyl (C=O) groups excluding carboxylic acids is 2. The zero-order chi connectivity index (χ0) is 21.5. The highest BCUT2D eigenvalue weighted by atomic mass is 16.5.